The van der Waals surface area contributed by atoms with Crippen molar-refractivity contribution in [3.05, 3.63) is 89.5 Å². The zero-order chi connectivity index (χ0) is 19.8. The lowest BCUT2D eigenvalue weighted by Gasteiger charge is -2.37. The fourth-order valence-electron chi connectivity index (χ4n) is 4.71. The van der Waals surface area contributed by atoms with Crippen molar-refractivity contribution in [2.45, 2.75) is 20.4 Å². The number of hydrogen-bond donors (Lipinski definition) is 0. The number of nitrogens with zero attached hydrogens (tertiary/aromatic N) is 2. The molecule has 0 saturated carbocycles. The van der Waals surface area contributed by atoms with Crippen LogP contribution in [-0.4, -0.2) is 31.1 Å². The molecule has 5 rings (SSSR count). The molecule has 1 saturated heterocycles. The first-order valence-corrected chi connectivity index (χ1v) is 10.6. The Balaban J connectivity index is 1.41. The highest BCUT2D eigenvalue weighted by molar-refractivity contribution is 6.02. The number of aryl methyl sites for hydroxylation is 2. The highest BCUT2D eigenvalue weighted by atomic mass is 15.3. The average Bonchev–Trinajstić information content (AvgIpc) is 2.76. The maximum Gasteiger partial charge on any atom is 0.0399 e. The Kier molecular flexibility index (Phi) is 4.73. The predicted octanol–water partition coefficient (Wildman–Crippen LogP) is 5.93. The fourth-order valence-corrected chi connectivity index (χ4v) is 4.71. The summed E-state index contributed by atoms with van der Waals surface area (Å²) >= 11 is 0. The molecule has 0 bridgehead atoms. The number of piperazine rings is 1. The van der Waals surface area contributed by atoms with E-state index in [1.807, 2.05) is 0 Å². The van der Waals surface area contributed by atoms with Crippen LogP contribution in [-0.2, 0) is 6.54 Å². The lowest BCUT2D eigenvalue weighted by molar-refractivity contribution is 0.251. The van der Waals surface area contributed by atoms with Crippen molar-refractivity contribution >= 4 is 27.2 Å². The van der Waals surface area contributed by atoms with Gasteiger partial charge in [0.05, 0.1) is 0 Å². The van der Waals surface area contributed by atoms with Gasteiger partial charge in [-0.25, -0.2) is 0 Å². The molecule has 0 N–H and O–H groups in total. The molecule has 1 aliphatic rings. The first kappa shape index (κ1) is 18.2. The third kappa shape index (κ3) is 3.49. The van der Waals surface area contributed by atoms with Crippen LogP contribution in [0.15, 0.2) is 72.8 Å². The van der Waals surface area contributed by atoms with E-state index in [-0.39, 0.29) is 0 Å². The normalized spacial score (nSPS) is 15.3. The zero-order valence-electron chi connectivity index (χ0n) is 17.4. The number of fused-ring (bicyclic) bond motifs is 2. The molecule has 4 aromatic carbocycles. The third-order valence-corrected chi connectivity index (χ3v) is 6.34. The first-order valence-electron chi connectivity index (χ1n) is 10.6. The molecule has 2 nitrogen and oxygen atoms in total. The molecule has 1 fully saturated rings. The Labute approximate surface area is 173 Å². The highest BCUT2D eigenvalue weighted by Crippen LogP contribution is 2.30. The summed E-state index contributed by atoms with van der Waals surface area (Å²) in [6.45, 7) is 9.81. The van der Waals surface area contributed by atoms with Crippen molar-refractivity contribution in [1.82, 2.24) is 4.90 Å². The average molecular weight is 381 g/mol. The Hall–Kier alpha value is -2.84. The van der Waals surface area contributed by atoms with Gasteiger partial charge in [-0.2, -0.15) is 0 Å². The van der Waals surface area contributed by atoms with Crippen LogP contribution in [0.4, 0.5) is 5.69 Å². The summed E-state index contributed by atoms with van der Waals surface area (Å²) in [7, 11) is 0. The number of rotatable bonds is 3. The molecule has 0 spiro atoms. The summed E-state index contributed by atoms with van der Waals surface area (Å²) in [5, 5.41) is 5.47. The van der Waals surface area contributed by atoms with Gasteiger partial charge in [0.15, 0.2) is 0 Å². The van der Waals surface area contributed by atoms with Gasteiger partial charge in [-0.05, 0) is 64.2 Å². The second-order valence-corrected chi connectivity index (χ2v) is 8.35. The second-order valence-electron chi connectivity index (χ2n) is 8.35. The molecule has 2 heteroatoms. The van der Waals surface area contributed by atoms with Gasteiger partial charge in [-0.1, -0.05) is 60.7 Å². The van der Waals surface area contributed by atoms with Crippen molar-refractivity contribution < 1.29 is 0 Å². The summed E-state index contributed by atoms with van der Waals surface area (Å²) in [6.07, 6.45) is 0. The van der Waals surface area contributed by atoms with Gasteiger partial charge in [-0.3, -0.25) is 4.90 Å². The Morgan fingerprint density at radius 3 is 1.97 bits per heavy atom. The van der Waals surface area contributed by atoms with Crippen LogP contribution in [0.5, 0.6) is 0 Å². The maximum absolute atomic E-state index is 2.62. The highest BCUT2D eigenvalue weighted by Gasteiger charge is 2.20. The third-order valence-electron chi connectivity index (χ3n) is 6.34. The van der Waals surface area contributed by atoms with Crippen molar-refractivity contribution in [1.29, 1.82) is 0 Å². The molecule has 0 atom stereocenters. The second kappa shape index (κ2) is 7.53. The van der Waals surface area contributed by atoms with Gasteiger partial charge in [0.1, 0.15) is 0 Å². The molecule has 146 valence electrons. The molecule has 1 aliphatic heterocycles. The van der Waals surface area contributed by atoms with Gasteiger partial charge in [0.25, 0.3) is 0 Å². The van der Waals surface area contributed by atoms with E-state index in [1.165, 1.54) is 43.9 Å². The standard InChI is InChI=1S/C27H28N2/c1-20-11-12-21(2)27(17-20)29-15-13-28(14-16-29)19-26-24-9-5-3-7-22(24)18-23-8-4-6-10-25(23)26/h3-12,17-18H,13-16,19H2,1-2H3. The van der Waals surface area contributed by atoms with Crippen LogP contribution >= 0.6 is 0 Å². The molecule has 0 unspecified atom stereocenters. The van der Waals surface area contributed by atoms with Gasteiger partial charge in [0.2, 0.25) is 0 Å². The van der Waals surface area contributed by atoms with Gasteiger partial charge in [0, 0.05) is 38.4 Å². The molecule has 0 radical (unpaired) electrons. The fraction of sp³-hybridized carbons (Fsp3) is 0.259. The summed E-state index contributed by atoms with van der Waals surface area (Å²) in [6, 6.07) is 26.8. The molecule has 29 heavy (non-hydrogen) atoms. The number of hydrogen-bond acceptors (Lipinski definition) is 2. The van der Waals surface area contributed by atoms with E-state index < -0.39 is 0 Å². The van der Waals surface area contributed by atoms with E-state index in [2.05, 4.69) is 96.4 Å². The van der Waals surface area contributed by atoms with Crippen molar-refractivity contribution in [2.75, 3.05) is 31.1 Å². The Bertz CT molecular complexity index is 1120. The minimum absolute atomic E-state index is 1.02. The monoisotopic (exact) mass is 380 g/mol. The van der Waals surface area contributed by atoms with E-state index in [1.54, 1.807) is 0 Å². The van der Waals surface area contributed by atoms with Crippen molar-refractivity contribution in [2.24, 2.45) is 0 Å². The molecule has 0 amide bonds. The first-order chi connectivity index (χ1) is 14.2. The zero-order valence-corrected chi connectivity index (χ0v) is 17.4. The molecule has 1 heterocycles. The molecule has 4 aromatic rings. The van der Waals surface area contributed by atoms with Crippen LogP contribution in [0.3, 0.4) is 0 Å². The van der Waals surface area contributed by atoms with Crippen LogP contribution < -0.4 is 4.90 Å². The summed E-state index contributed by atoms with van der Waals surface area (Å²) < 4.78 is 0. The minimum Gasteiger partial charge on any atom is -0.369 e. The van der Waals surface area contributed by atoms with Gasteiger partial charge >= 0.3 is 0 Å². The van der Waals surface area contributed by atoms with E-state index in [0.717, 1.165) is 32.7 Å². The minimum atomic E-state index is 1.02. The Morgan fingerprint density at radius 1 is 0.690 bits per heavy atom. The summed E-state index contributed by atoms with van der Waals surface area (Å²) in [5.41, 5.74) is 5.60. The molecular weight excluding hydrogens is 352 g/mol. The van der Waals surface area contributed by atoms with Crippen LogP contribution in [0.2, 0.25) is 0 Å². The number of anilines is 1. The number of benzene rings is 4. The van der Waals surface area contributed by atoms with E-state index in [9.17, 15) is 0 Å². The van der Waals surface area contributed by atoms with Crippen molar-refractivity contribution in [3.8, 4) is 0 Å². The van der Waals surface area contributed by atoms with Gasteiger partial charge in [-0.15, -0.1) is 0 Å². The molecule has 0 aromatic heterocycles. The van der Waals surface area contributed by atoms with E-state index in [4.69, 9.17) is 0 Å². The molecule has 0 aliphatic carbocycles. The molecular formula is C27H28N2. The topological polar surface area (TPSA) is 6.48 Å². The SMILES string of the molecule is Cc1ccc(C)c(N2CCN(Cc3c4ccccc4cc4ccccc34)CC2)c1. The quantitative estimate of drug-likeness (QED) is 0.406. The van der Waals surface area contributed by atoms with Crippen LogP contribution in [0, 0.1) is 13.8 Å². The maximum atomic E-state index is 2.62. The smallest absolute Gasteiger partial charge is 0.0399 e. The van der Waals surface area contributed by atoms with Crippen LogP contribution in [0.25, 0.3) is 21.5 Å². The largest absolute Gasteiger partial charge is 0.369 e. The lowest BCUT2D eigenvalue weighted by Crippen LogP contribution is -2.46. The van der Waals surface area contributed by atoms with E-state index in [0.29, 0.717) is 0 Å². The van der Waals surface area contributed by atoms with Gasteiger partial charge < -0.3 is 4.90 Å². The Morgan fingerprint density at radius 2 is 1.31 bits per heavy atom. The predicted molar refractivity (Wildman–Crippen MR) is 125 cm³/mol. The summed E-state index contributed by atoms with van der Waals surface area (Å²) in [4.78, 5) is 5.18. The lowest BCUT2D eigenvalue weighted by atomic mass is 9.96. The van der Waals surface area contributed by atoms with Crippen molar-refractivity contribution in [3.63, 3.8) is 0 Å². The van der Waals surface area contributed by atoms with Crippen LogP contribution in [0.1, 0.15) is 16.7 Å². The van der Waals surface area contributed by atoms with E-state index >= 15 is 0 Å². The summed E-state index contributed by atoms with van der Waals surface area (Å²) in [5.74, 6) is 0.